The van der Waals surface area contributed by atoms with Gasteiger partial charge >= 0.3 is 0 Å². The first kappa shape index (κ1) is 9.64. The van der Waals surface area contributed by atoms with Crippen LogP contribution < -0.4 is 5.73 Å². The van der Waals surface area contributed by atoms with Gasteiger partial charge in [0.25, 0.3) is 0 Å². The molecule has 0 amide bonds. The molecule has 0 aliphatic carbocycles. The van der Waals surface area contributed by atoms with Gasteiger partial charge in [-0.1, -0.05) is 0 Å². The fourth-order valence-corrected chi connectivity index (χ4v) is 1.37. The second-order valence-corrected chi connectivity index (χ2v) is 3.22. The van der Waals surface area contributed by atoms with Crippen molar-refractivity contribution >= 4 is 5.82 Å². The SMILES string of the molecule is Cc1cc(N)n(-c2ccc(F)cc2F)n1. The number of benzene rings is 1. The third-order valence-corrected chi connectivity index (χ3v) is 2.00. The third-order valence-electron chi connectivity index (χ3n) is 2.00. The highest BCUT2D eigenvalue weighted by atomic mass is 19.1. The lowest BCUT2D eigenvalue weighted by molar-refractivity contribution is 0.574. The summed E-state index contributed by atoms with van der Waals surface area (Å²) in [7, 11) is 0. The molecule has 0 aliphatic rings. The molecule has 0 bridgehead atoms. The summed E-state index contributed by atoms with van der Waals surface area (Å²) >= 11 is 0. The Hall–Kier alpha value is -1.91. The van der Waals surface area contributed by atoms with Crippen LogP contribution in [0.4, 0.5) is 14.6 Å². The molecule has 2 rings (SSSR count). The Labute approximate surface area is 85.1 Å². The quantitative estimate of drug-likeness (QED) is 0.781. The highest BCUT2D eigenvalue weighted by Gasteiger charge is 2.09. The summed E-state index contributed by atoms with van der Waals surface area (Å²) in [6.45, 7) is 1.74. The fraction of sp³-hybridized carbons (Fsp3) is 0.100. The maximum absolute atomic E-state index is 13.4. The zero-order valence-electron chi connectivity index (χ0n) is 8.04. The van der Waals surface area contributed by atoms with Gasteiger partial charge in [-0.15, -0.1) is 0 Å². The van der Waals surface area contributed by atoms with Gasteiger partial charge in [0.05, 0.1) is 5.69 Å². The first-order valence-corrected chi connectivity index (χ1v) is 4.35. The van der Waals surface area contributed by atoms with E-state index in [0.29, 0.717) is 11.5 Å². The van der Waals surface area contributed by atoms with Crippen LogP contribution in [-0.2, 0) is 0 Å². The lowest BCUT2D eigenvalue weighted by Gasteiger charge is -2.04. The minimum absolute atomic E-state index is 0.141. The van der Waals surface area contributed by atoms with Crippen LogP contribution in [0.5, 0.6) is 0 Å². The first-order chi connectivity index (χ1) is 7.08. The third kappa shape index (κ3) is 1.68. The van der Waals surface area contributed by atoms with Crippen molar-refractivity contribution in [2.75, 3.05) is 5.73 Å². The predicted octanol–water partition coefficient (Wildman–Crippen LogP) is 2.04. The standard InChI is InChI=1S/C10H9F2N3/c1-6-4-10(13)15(14-6)9-3-2-7(11)5-8(9)12/h2-5H,13H2,1H3. The molecule has 0 spiro atoms. The lowest BCUT2D eigenvalue weighted by atomic mass is 10.3. The Morgan fingerprint density at radius 2 is 2.00 bits per heavy atom. The summed E-state index contributed by atoms with van der Waals surface area (Å²) in [4.78, 5) is 0. The van der Waals surface area contributed by atoms with Crippen LogP contribution in [0.3, 0.4) is 0 Å². The summed E-state index contributed by atoms with van der Waals surface area (Å²) in [5.41, 5.74) is 6.44. The molecule has 0 saturated heterocycles. The second kappa shape index (κ2) is 3.34. The molecule has 3 nitrogen and oxygen atoms in total. The van der Waals surface area contributed by atoms with E-state index in [2.05, 4.69) is 5.10 Å². The molecule has 0 fully saturated rings. The van der Waals surface area contributed by atoms with Crippen molar-refractivity contribution in [3.63, 3.8) is 0 Å². The molecule has 0 aliphatic heterocycles. The zero-order valence-corrected chi connectivity index (χ0v) is 8.04. The maximum Gasteiger partial charge on any atom is 0.151 e. The monoisotopic (exact) mass is 209 g/mol. The Morgan fingerprint density at radius 1 is 1.27 bits per heavy atom. The van der Waals surface area contributed by atoms with E-state index in [1.165, 1.54) is 10.7 Å². The molecule has 1 heterocycles. The van der Waals surface area contributed by atoms with Crippen molar-refractivity contribution in [2.24, 2.45) is 0 Å². The minimum Gasteiger partial charge on any atom is -0.384 e. The Bertz CT molecular complexity index is 505. The van der Waals surface area contributed by atoms with Crippen LogP contribution in [0.15, 0.2) is 24.3 Å². The van der Waals surface area contributed by atoms with Crippen LogP contribution in [0.2, 0.25) is 0 Å². The van der Waals surface area contributed by atoms with Gasteiger partial charge in [0.1, 0.15) is 17.3 Å². The molecule has 0 radical (unpaired) electrons. The number of halogens is 2. The summed E-state index contributed by atoms with van der Waals surface area (Å²) < 4.78 is 27.3. The van der Waals surface area contributed by atoms with Gasteiger partial charge in [-0.3, -0.25) is 0 Å². The van der Waals surface area contributed by atoms with Gasteiger partial charge in [-0.2, -0.15) is 5.10 Å². The Morgan fingerprint density at radius 3 is 2.53 bits per heavy atom. The highest BCUT2D eigenvalue weighted by Crippen LogP contribution is 2.18. The van der Waals surface area contributed by atoms with Crippen molar-refractivity contribution in [3.8, 4) is 5.69 Å². The number of rotatable bonds is 1. The maximum atomic E-state index is 13.4. The second-order valence-electron chi connectivity index (χ2n) is 3.22. The van der Waals surface area contributed by atoms with Crippen LogP contribution in [-0.4, -0.2) is 9.78 Å². The van der Waals surface area contributed by atoms with E-state index in [-0.39, 0.29) is 5.69 Å². The fourth-order valence-electron chi connectivity index (χ4n) is 1.37. The van der Waals surface area contributed by atoms with Gasteiger partial charge in [0.15, 0.2) is 5.82 Å². The summed E-state index contributed by atoms with van der Waals surface area (Å²) in [6.07, 6.45) is 0. The highest BCUT2D eigenvalue weighted by molar-refractivity contribution is 5.43. The van der Waals surface area contributed by atoms with Crippen LogP contribution in [0.25, 0.3) is 5.69 Å². The minimum atomic E-state index is -0.690. The molecule has 1 aromatic heterocycles. The topological polar surface area (TPSA) is 43.8 Å². The van der Waals surface area contributed by atoms with Crippen molar-refractivity contribution in [1.82, 2.24) is 9.78 Å². The zero-order chi connectivity index (χ0) is 11.0. The van der Waals surface area contributed by atoms with Gasteiger partial charge in [0, 0.05) is 12.1 Å². The van der Waals surface area contributed by atoms with E-state index in [9.17, 15) is 8.78 Å². The van der Waals surface area contributed by atoms with Gasteiger partial charge < -0.3 is 5.73 Å². The molecule has 5 heteroatoms. The van der Waals surface area contributed by atoms with Crippen LogP contribution in [0, 0.1) is 18.6 Å². The number of anilines is 1. The van der Waals surface area contributed by atoms with Gasteiger partial charge in [-0.05, 0) is 19.1 Å². The predicted molar refractivity (Wildman–Crippen MR) is 52.6 cm³/mol. The smallest absolute Gasteiger partial charge is 0.151 e. The first-order valence-electron chi connectivity index (χ1n) is 4.35. The number of hydrogen-bond donors (Lipinski definition) is 1. The molecule has 1 aromatic carbocycles. The summed E-state index contributed by atoms with van der Waals surface area (Å²) in [6, 6.07) is 4.87. The molecule has 0 saturated carbocycles. The van der Waals surface area contributed by atoms with E-state index in [1.54, 1.807) is 13.0 Å². The molecule has 2 N–H and O–H groups in total. The number of nitrogens with two attached hydrogens (primary N) is 1. The van der Waals surface area contributed by atoms with Crippen LogP contribution in [0.1, 0.15) is 5.69 Å². The summed E-state index contributed by atoms with van der Waals surface area (Å²) in [5.74, 6) is -0.999. The van der Waals surface area contributed by atoms with Crippen molar-refractivity contribution < 1.29 is 8.78 Å². The molecule has 78 valence electrons. The number of nitrogens with zero attached hydrogens (tertiary/aromatic N) is 2. The molecule has 0 unspecified atom stereocenters. The average molecular weight is 209 g/mol. The van der Waals surface area contributed by atoms with Gasteiger partial charge in [-0.25, -0.2) is 13.5 Å². The van der Waals surface area contributed by atoms with Gasteiger partial charge in [0.2, 0.25) is 0 Å². The van der Waals surface area contributed by atoms with Crippen molar-refractivity contribution in [1.29, 1.82) is 0 Å². The normalized spacial score (nSPS) is 10.6. The van der Waals surface area contributed by atoms with Crippen LogP contribution >= 0.6 is 0 Å². The van der Waals surface area contributed by atoms with E-state index < -0.39 is 11.6 Å². The molecular weight excluding hydrogens is 200 g/mol. The number of hydrogen-bond acceptors (Lipinski definition) is 2. The largest absolute Gasteiger partial charge is 0.384 e. The molecule has 15 heavy (non-hydrogen) atoms. The molecule has 2 aromatic rings. The van der Waals surface area contributed by atoms with E-state index in [1.807, 2.05) is 0 Å². The van der Waals surface area contributed by atoms with E-state index in [4.69, 9.17) is 5.73 Å². The Kier molecular flexibility index (Phi) is 2.15. The molecular formula is C10H9F2N3. The van der Waals surface area contributed by atoms with Crippen molar-refractivity contribution in [2.45, 2.75) is 6.92 Å². The molecule has 0 atom stereocenters. The summed E-state index contributed by atoms with van der Waals surface area (Å²) in [5, 5.41) is 4.00. The number of aryl methyl sites for hydroxylation is 1. The lowest BCUT2D eigenvalue weighted by Crippen LogP contribution is -2.04. The Balaban J connectivity index is 2.59. The van der Waals surface area contributed by atoms with E-state index in [0.717, 1.165) is 12.1 Å². The average Bonchev–Trinajstić information content (AvgIpc) is 2.45. The number of aromatic nitrogens is 2. The van der Waals surface area contributed by atoms with Crippen molar-refractivity contribution in [3.05, 3.63) is 41.6 Å². The van der Waals surface area contributed by atoms with E-state index >= 15 is 0 Å². The number of nitrogen functional groups attached to an aromatic ring is 1.